The number of H-pyrrole nitrogens is 1. The predicted molar refractivity (Wildman–Crippen MR) is 120 cm³/mol. The normalized spacial score (nSPS) is 16.2. The molecule has 31 heavy (non-hydrogen) atoms. The van der Waals surface area contributed by atoms with Gasteiger partial charge < -0.3 is 20.2 Å². The summed E-state index contributed by atoms with van der Waals surface area (Å²) in [5.74, 6) is 0.408. The molecule has 0 radical (unpaired) electrons. The van der Waals surface area contributed by atoms with Gasteiger partial charge in [-0.05, 0) is 42.1 Å². The quantitative estimate of drug-likeness (QED) is 0.355. The van der Waals surface area contributed by atoms with E-state index in [4.69, 9.17) is 38.4 Å². The number of aromatic nitrogens is 2. The van der Waals surface area contributed by atoms with Crippen LogP contribution in [0.4, 0.5) is 10.2 Å². The lowest BCUT2D eigenvalue weighted by atomic mass is 9.93. The Kier molecular flexibility index (Phi) is 4.91. The first-order valence-electron chi connectivity index (χ1n) is 9.72. The Morgan fingerprint density at radius 2 is 2.10 bits per heavy atom. The maximum absolute atomic E-state index is 14.0. The minimum Gasteiger partial charge on any atom is -0.488 e. The summed E-state index contributed by atoms with van der Waals surface area (Å²) < 4.78 is 26.0. The summed E-state index contributed by atoms with van der Waals surface area (Å²) >= 11 is 12.4. The number of anilines is 1. The Morgan fingerprint density at radius 3 is 2.94 bits per heavy atom. The van der Waals surface area contributed by atoms with Crippen LogP contribution < -0.4 is 15.2 Å². The molecule has 2 aromatic heterocycles. The highest BCUT2D eigenvalue weighted by atomic mass is 35.5. The maximum Gasteiger partial charge on any atom is 0.204 e. The van der Waals surface area contributed by atoms with Gasteiger partial charge in [0.2, 0.25) is 5.75 Å². The van der Waals surface area contributed by atoms with Crippen LogP contribution in [-0.4, -0.2) is 16.6 Å². The van der Waals surface area contributed by atoms with Crippen LogP contribution in [0.3, 0.4) is 0 Å². The lowest BCUT2D eigenvalue weighted by Crippen LogP contribution is -2.09. The van der Waals surface area contributed by atoms with Gasteiger partial charge in [-0.1, -0.05) is 35.3 Å². The minimum atomic E-state index is -0.677. The number of nitrogens with one attached hydrogen (secondary N) is 1. The van der Waals surface area contributed by atoms with E-state index in [1.54, 1.807) is 13.1 Å². The fourth-order valence-corrected chi connectivity index (χ4v) is 4.66. The van der Waals surface area contributed by atoms with Crippen LogP contribution in [0, 0.1) is 5.82 Å². The van der Waals surface area contributed by atoms with Crippen LogP contribution in [0.1, 0.15) is 35.6 Å². The molecule has 158 valence electrons. The zero-order valence-electron chi connectivity index (χ0n) is 16.5. The maximum atomic E-state index is 14.0. The first kappa shape index (κ1) is 20.0. The summed E-state index contributed by atoms with van der Waals surface area (Å²) in [6, 6.07) is 10.9. The van der Waals surface area contributed by atoms with Gasteiger partial charge in [-0.3, -0.25) is 0 Å². The van der Waals surface area contributed by atoms with E-state index in [-0.39, 0.29) is 16.8 Å². The number of aromatic amines is 1. The molecule has 0 saturated heterocycles. The number of nitrogen functional groups attached to an aromatic ring is 1. The van der Waals surface area contributed by atoms with Crippen LogP contribution in [-0.2, 0) is 0 Å². The van der Waals surface area contributed by atoms with Gasteiger partial charge in [0.25, 0.3) is 0 Å². The summed E-state index contributed by atoms with van der Waals surface area (Å²) in [6.45, 7) is 2.15. The van der Waals surface area contributed by atoms with Crippen molar-refractivity contribution >= 4 is 39.9 Å². The summed E-state index contributed by atoms with van der Waals surface area (Å²) in [7, 11) is 0. The third-order valence-electron chi connectivity index (χ3n) is 5.58. The molecule has 5 rings (SSSR count). The first-order chi connectivity index (χ1) is 14.9. The smallest absolute Gasteiger partial charge is 0.204 e. The number of ether oxygens (including phenoxy) is 2. The highest BCUT2D eigenvalue weighted by Gasteiger charge is 2.32. The Hall–Kier alpha value is -2.96. The molecule has 1 unspecified atom stereocenters. The molecular weight excluding hydrogens is 440 g/mol. The van der Waals surface area contributed by atoms with Gasteiger partial charge in [0.1, 0.15) is 11.9 Å². The van der Waals surface area contributed by atoms with Gasteiger partial charge in [0.05, 0.1) is 11.6 Å². The molecule has 0 saturated carbocycles. The molecule has 0 fully saturated rings. The molecule has 3 N–H and O–H groups in total. The van der Waals surface area contributed by atoms with E-state index in [1.165, 1.54) is 12.1 Å². The van der Waals surface area contributed by atoms with Crippen LogP contribution in [0.5, 0.6) is 11.5 Å². The van der Waals surface area contributed by atoms with E-state index >= 15 is 0 Å². The Bertz CT molecular complexity index is 1310. The minimum absolute atomic E-state index is 0.0187. The highest BCUT2D eigenvalue weighted by molar-refractivity contribution is 6.36. The van der Waals surface area contributed by atoms with Gasteiger partial charge in [-0.15, -0.1) is 0 Å². The van der Waals surface area contributed by atoms with Crippen molar-refractivity contribution in [3.63, 3.8) is 0 Å². The van der Waals surface area contributed by atoms with E-state index < -0.39 is 11.9 Å². The number of halogens is 3. The Labute approximate surface area is 187 Å². The van der Waals surface area contributed by atoms with Crippen LogP contribution >= 0.6 is 23.2 Å². The van der Waals surface area contributed by atoms with E-state index in [0.29, 0.717) is 28.7 Å². The first-order valence-corrected chi connectivity index (χ1v) is 10.5. The number of hydrogen-bond acceptors (Lipinski definition) is 4. The van der Waals surface area contributed by atoms with Gasteiger partial charge in [0.15, 0.2) is 11.6 Å². The van der Waals surface area contributed by atoms with E-state index in [9.17, 15) is 4.39 Å². The SMILES string of the molecule is C[C@@H](Oc1c(N)ncc2c1OCC2c1ccc2cc[nH]c2c1)c1c(Cl)ccc(F)c1Cl. The molecule has 5 nitrogen and oxygen atoms in total. The molecule has 0 amide bonds. The van der Waals surface area contributed by atoms with Gasteiger partial charge in [-0.25, -0.2) is 9.37 Å². The topological polar surface area (TPSA) is 73.2 Å². The molecule has 4 aromatic rings. The van der Waals surface area contributed by atoms with E-state index in [0.717, 1.165) is 22.0 Å². The third-order valence-corrected chi connectivity index (χ3v) is 6.29. The molecule has 0 bridgehead atoms. The van der Waals surface area contributed by atoms with Gasteiger partial charge in [-0.2, -0.15) is 0 Å². The monoisotopic (exact) mass is 457 g/mol. The van der Waals surface area contributed by atoms with Crippen molar-refractivity contribution in [2.75, 3.05) is 12.3 Å². The Balaban J connectivity index is 1.51. The lowest BCUT2D eigenvalue weighted by Gasteiger charge is -2.20. The van der Waals surface area contributed by atoms with Crippen LogP contribution in [0.25, 0.3) is 10.9 Å². The van der Waals surface area contributed by atoms with Crippen molar-refractivity contribution in [1.82, 2.24) is 9.97 Å². The summed E-state index contributed by atoms with van der Waals surface area (Å²) in [6.07, 6.45) is 2.94. The largest absolute Gasteiger partial charge is 0.488 e. The number of pyridine rings is 1. The van der Waals surface area contributed by atoms with Crippen molar-refractivity contribution < 1.29 is 13.9 Å². The van der Waals surface area contributed by atoms with Gasteiger partial charge in [0, 0.05) is 40.0 Å². The number of fused-ring (bicyclic) bond motifs is 2. The summed E-state index contributed by atoms with van der Waals surface area (Å²) in [4.78, 5) is 7.54. The van der Waals surface area contributed by atoms with E-state index in [2.05, 4.69) is 28.2 Å². The van der Waals surface area contributed by atoms with Crippen molar-refractivity contribution in [2.45, 2.75) is 18.9 Å². The zero-order chi connectivity index (χ0) is 21.7. The molecule has 2 atom stereocenters. The second-order valence-corrected chi connectivity index (χ2v) is 8.25. The van der Waals surface area contributed by atoms with E-state index in [1.807, 2.05) is 12.3 Å². The average molecular weight is 458 g/mol. The van der Waals surface area contributed by atoms with Crippen molar-refractivity contribution in [1.29, 1.82) is 0 Å². The zero-order valence-corrected chi connectivity index (χ0v) is 18.0. The molecule has 2 aromatic carbocycles. The predicted octanol–water partition coefficient (Wildman–Crippen LogP) is 6.26. The molecule has 0 aliphatic carbocycles. The highest BCUT2D eigenvalue weighted by Crippen LogP contribution is 2.48. The second kappa shape index (κ2) is 7.62. The number of benzene rings is 2. The number of nitrogens with zero attached hydrogens (tertiary/aromatic N) is 1. The molecule has 1 aliphatic heterocycles. The number of hydrogen-bond donors (Lipinski definition) is 2. The van der Waals surface area contributed by atoms with Gasteiger partial charge >= 0.3 is 0 Å². The molecule has 1 aliphatic rings. The molecule has 3 heterocycles. The Morgan fingerprint density at radius 1 is 1.26 bits per heavy atom. The van der Waals surface area contributed by atoms with Crippen molar-refractivity contribution in [3.8, 4) is 11.5 Å². The summed E-state index contributed by atoms with van der Waals surface area (Å²) in [5.41, 5.74) is 9.47. The molecule has 0 spiro atoms. The lowest BCUT2D eigenvalue weighted by molar-refractivity contribution is 0.214. The fourth-order valence-electron chi connectivity index (χ4n) is 3.98. The molecule has 8 heteroatoms. The number of nitrogens with two attached hydrogens (primary N) is 1. The van der Waals surface area contributed by atoms with Crippen molar-refractivity contribution in [3.05, 3.63) is 81.3 Å². The number of rotatable bonds is 4. The summed E-state index contributed by atoms with van der Waals surface area (Å²) in [5, 5.41) is 1.35. The second-order valence-electron chi connectivity index (χ2n) is 7.46. The fraction of sp³-hybridized carbons (Fsp3) is 0.174. The van der Waals surface area contributed by atoms with Crippen molar-refractivity contribution in [2.24, 2.45) is 0 Å². The third kappa shape index (κ3) is 3.36. The molecular formula is C23H18Cl2FN3O2. The average Bonchev–Trinajstić information content (AvgIpc) is 3.39. The standard InChI is InChI=1S/C23H18Cl2FN3O2/c1-11(19-16(24)4-5-17(26)20(19)25)31-22-21-14(9-29-23(22)27)15(10-30-21)13-3-2-12-6-7-28-18(12)8-13/h2-9,11,15,28H,10H2,1H3,(H2,27,29)/t11-,15?/m1/s1. The van der Waals surface area contributed by atoms with Crippen LogP contribution in [0.2, 0.25) is 10.0 Å². The van der Waals surface area contributed by atoms with Crippen LogP contribution in [0.15, 0.2) is 48.8 Å².